The van der Waals surface area contributed by atoms with Gasteiger partial charge in [0.2, 0.25) is 5.91 Å². The molecule has 1 aliphatic rings. The Labute approximate surface area is 164 Å². The van der Waals surface area contributed by atoms with Gasteiger partial charge in [0.15, 0.2) is 0 Å². The topological polar surface area (TPSA) is 37.4 Å². The van der Waals surface area contributed by atoms with Crippen LogP contribution in [0.4, 0.5) is 5.69 Å². The van der Waals surface area contributed by atoms with Gasteiger partial charge in [0, 0.05) is 25.6 Å². The first-order chi connectivity index (χ1) is 13.0. The molecule has 27 heavy (non-hydrogen) atoms. The minimum Gasteiger partial charge on any atom is -0.314 e. The third-order valence-electron chi connectivity index (χ3n) is 5.88. The molecule has 0 bridgehead atoms. The van der Waals surface area contributed by atoms with Crippen molar-refractivity contribution in [2.45, 2.75) is 83.0 Å². The predicted molar refractivity (Wildman–Crippen MR) is 113 cm³/mol. The molecule has 1 atom stereocenters. The molecule has 0 fully saturated rings. The zero-order valence-corrected chi connectivity index (χ0v) is 17.1. The van der Waals surface area contributed by atoms with Crippen molar-refractivity contribution in [3.05, 3.63) is 42.5 Å². The molecule has 0 aromatic heterocycles. The highest BCUT2D eigenvalue weighted by molar-refractivity contribution is 6.07. The van der Waals surface area contributed by atoms with E-state index in [4.69, 9.17) is 0 Å². The molecular formula is C24H35NO2. The summed E-state index contributed by atoms with van der Waals surface area (Å²) in [6.45, 7) is 5.76. The Hall–Kier alpha value is -1.90. The Bertz CT molecular complexity index is 652. The lowest BCUT2D eigenvalue weighted by Crippen LogP contribution is -2.36. The molecule has 1 amide bonds. The van der Waals surface area contributed by atoms with Gasteiger partial charge in [-0.2, -0.15) is 0 Å². The number of hydrogen-bond donors (Lipinski definition) is 0. The van der Waals surface area contributed by atoms with Crippen molar-refractivity contribution in [1.82, 2.24) is 0 Å². The average molecular weight is 370 g/mol. The van der Waals surface area contributed by atoms with Crippen LogP contribution in [0.1, 0.15) is 83.1 Å². The maximum Gasteiger partial charge on any atom is 0.237 e. The molecule has 1 heterocycles. The Morgan fingerprint density at radius 2 is 1.67 bits per heavy atom. The number of ketones is 1. The first kappa shape index (κ1) is 21.4. The van der Waals surface area contributed by atoms with Gasteiger partial charge in [-0.05, 0) is 50.7 Å². The lowest BCUT2D eigenvalue weighted by molar-refractivity contribution is -0.123. The average Bonchev–Trinajstić information content (AvgIpc) is 2.86. The van der Waals surface area contributed by atoms with Gasteiger partial charge in [0.05, 0.1) is 5.41 Å². The van der Waals surface area contributed by atoms with Crippen LogP contribution in [0.15, 0.2) is 36.9 Å². The first-order valence-corrected chi connectivity index (χ1v) is 10.5. The second kappa shape index (κ2) is 10.4. The van der Waals surface area contributed by atoms with E-state index in [1.165, 1.54) is 25.7 Å². The molecule has 148 valence electrons. The predicted octanol–water partition coefficient (Wildman–Crippen LogP) is 5.97. The van der Waals surface area contributed by atoms with E-state index in [2.05, 4.69) is 6.58 Å². The summed E-state index contributed by atoms with van der Waals surface area (Å²) < 4.78 is 0. The zero-order valence-electron chi connectivity index (χ0n) is 17.1. The standard InChI is InChI=1S/C24H35NO2/c1-4-5-6-7-8-9-10-11-15-20(26)16-14-19-24(2)21-17-12-13-18-22(21)25(3)23(24)27/h4,12-13,17-18H,1,5-11,14-16,19H2,2-3H3/t24-/m1/s1. The molecule has 2 rings (SSSR count). The quantitative estimate of drug-likeness (QED) is 0.317. The van der Waals surface area contributed by atoms with Crippen LogP contribution < -0.4 is 4.90 Å². The summed E-state index contributed by atoms with van der Waals surface area (Å²) in [6, 6.07) is 8.01. The van der Waals surface area contributed by atoms with Gasteiger partial charge in [0.1, 0.15) is 5.78 Å². The minimum absolute atomic E-state index is 0.146. The molecule has 0 saturated heterocycles. The second-order valence-electron chi connectivity index (χ2n) is 8.05. The summed E-state index contributed by atoms with van der Waals surface area (Å²) in [7, 11) is 1.84. The van der Waals surface area contributed by atoms with Crippen LogP contribution in [0, 0.1) is 0 Å². The molecule has 0 aliphatic carbocycles. The first-order valence-electron chi connectivity index (χ1n) is 10.5. The van der Waals surface area contributed by atoms with Crippen LogP contribution in [-0.2, 0) is 15.0 Å². The minimum atomic E-state index is -0.489. The van der Waals surface area contributed by atoms with Gasteiger partial charge in [-0.3, -0.25) is 9.59 Å². The van der Waals surface area contributed by atoms with Crippen molar-refractivity contribution >= 4 is 17.4 Å². The van der Waals surface area contributed by atoms with Crippen LogP contribution in [0.3, 0.4) is 0 Å². The molecule has 0 radical (unpaired) electrons. The van der Waals surface area contributed by atoms with Crippen molar-refractivity contribution < 1.29 is 9.59 Å². The Morgan fingerprint density at radius 3 is 2.41 bits per heavy atom. The van der Waals surface area contributed by atoms with Crippen LogP contribution >= 0.6 is 0 Å². The number of carbonyl (C=O) groups is 2. The number of Topliss-reactive ketones (excluding diaryl/α,β-unsaturated/α-hetero) is 1. The fourth-order valence-electron chi connectivity index (χ4n) is 4.15. The van der Waals surface area contributed by atoms with E-state index in [0.717, 1.165) is 43.4 Å². The van der Waals surface area contributed by atoms with E-state index in [0.29, 0.717) is 18.6 Å². The molecule has 1 aromatic carbocycles. The molecule has 0 spiro atoms. The molecule has 1 aromatic rings. The van der Waals surface area contributed by atoms with Crippen LogP contribution in [0.2, 0.25) is 0 Å². The zero-order chi connectivity index (χ0) is 19.7. The lowest BCUT2D eigenvalue weighted by atomic mass is 9.79. The summed E-state index contributed by atoms with van der Waals surface area (Å²) >= 11 is 0. The van der Waals surface area contributed by atoms with Gasteiger partial charge < -0.3 is 4.90 Å². The van der Waals surface area contributed by atoms with E-state index in [9.17, 15) is 9.59 Å². The number of nitrogens with zero attached hydrogens (tertiary/aromatic N) is 1. The molecule has 3 nitrogen and oxygen atoms in total. The number of amides is 1. The number of fused-ring (bicyclic) bond motifs is 1. The van der Waals surface area contributed by atoms with E-state index < -0.39 is 5.41 Å². The van der Waals surface area contributed by atoms with Gasteiger partial charge in [-0.25, -0.2) is 0 Å². The number of unbranched alkanes of at least 4 members (excludes halogenated alkanes) is 6. The van der Waals surface area contributed by atoms with Crippen LogP contribution in [0.5, 0.6) is 0 Å². The monoisotopic (exact) mass is 369 g/mol. The third-order valence-corrected chi connectivity index (χ3v) is 5.88. The fourth-order valence-corrected chi connectivity index (χ4v) is 4.15. The van der Waals surface area contributed by atoms with Gasteiger partial charge in [-0.1, -0.05) is 50.0 Å². The number of anilines is 1. The lowest BCUT2D eigenvalue weighted by Gasteiger charge is -2.23. The molecule has 3 heteroatoms. The smallest absolute Gasteiger partial charge is 0.237 e. The number of para-hydroxylation sites is 1. The van der Waals surface area contributed by atoms with Crippen molar-refractivity contribution in [3.8, 4) is 0 Å². The van der Waals surface area contributed by atoms with E-state index in [-0.39, 0.29) is 5.91 Å². The fraction of sp³-hybridized carbons (Fsp3) is 0.583. The molecule has 1 aliphatic heterocycles. The summed E-state index contributed by atoms with van der Waals surface area (Å²) in [6.07, 6.45) is 13.0. The van der Waals surface area contributed by atoms with Gasteiger partial charge >= 0.3 is 0 Å². The summed E-state index contributed by atoms with van der Waals surface area (Å²) in [5.74, 6) is 0.491. The number of rotatable bonds is 13. The Kier molecular flexibility index (Phi) is 8.27. The van der Waals surface area contributed by atoms with Crippen molar-refractivity contribution in [3.63, 3.8) is 0 Å². The maximum absolute atomic E-state index is 12.7. The summed E-state index contributed by atoms with van der Waals surface area (Å²) in [5.41, 5.74) is 1.61. The van der Waals surface area contributed by atoms with E-state index in [1.807, 2.05) is 44.3 Å². The number of benzene rings is 1. The normalized spacial score (nSPS) is 18.6. The van der Waals surface area contributed by atoms with Crippen molar-refractivity contribution in [2.75, 3.05) is 11.9 Å². The van der Waals surface area contributed by atoms with Crippen molar-refractivity contribution in [1.29, 1.82) is 0 Å². The van der Waals surface area contributed by atoms with Crippen molar-refractivity contribution in [2.24, 2.45) is 0 Å². The summed E-state index contributed by atoms with van der Waals surface area (Å²) in [4.78, 5) is 26.7. The van der Waals surface area contributed by atoms with E-state index in [1.54, 1.807) is 4.90 Å². The summed E-state index contributed by atoms with van der Waals surface area (Å²) in [5, 5.41) is 0. The number of likely N-dealkylation sites (N-methyl/N-ethyl adjacent to an activating group) is 1. The van der Waals surface area contributed by atoms with E-state index >= 15 is 0 Å². The Balaban J connectivity index is 1.66. The molecular weight excluding hydrogens is 334 g/mol. The highest BCUT2D eigenvalue weighted by Crippen LogP contribution is 2.43. The molecule has 0 N–H and O–H groups in total. The highest BCUT2D eigenvalue weighted by Gasteiger charge is 2.45. The van der Waals surface area contributed by atoms with Gasteiger partial charge in [0.25, 0.3) is 0 Å². The van der Waals surface area contributed by atoms with Crippen LogP contribution in [-0.4, -0.2) is 18.7 Å². The third kappa shape index (κ3) is 5.54. The molecule has 0 unspecified atom stereocenters. The maximum atomic E-state index is 12.7. The van der Waals surface area contributed by atoms with Crippen LogP contribution in [0.25, 0.3) is 0 Å². The second-order valence-corrected chi connectivity index (χ2v) is 8.05. The number of hydrogen-bond acceptors (Lipinski definition) is 2. The highest BCUT2D eigenvalue weighted by atomic mass is 16.2. The molecule has 0 saturated carbocycles. The largest absolute Gasteiger partial charge is 0.314 e. The Morgan fingerprint density at radius 1 is 1.04 bits per heavy atom. The number of carbonyl (C=O) groups excluding carboxylic acids is 2. The van der Waals surface area contributed by atoms with Gasteiger partial charge in [-0.15, -0.1) is 6.58 Å². The SMILES string of the molecule is C=CCCCCCCCCC(=O)CCC[C@@]1(C)C(=O)N(C)c2ccccc21. The number of allylic oxidation sites excluding steroid dienone is 1.